The molecule has 0 radical (unpaired) electrons. The third kappa shape index (κ3) is 4.49. The van der Waals surface area contributed by atoms with Crippen LogP contribution < -0.4 is 15.8 Å². The van der Waals surface area contributed by atoms with Crippen molar-refractivity contribution in [2.75, 3.05) is 36.5 Å². The summed E-state index contributed by atoms with van der Waals surface area (Å²) in [6.07, 6.45) is 5.43. The Bertz CT molecular complexity index is 1940. The average Bonchev–Trinajstić information content (AvgIpc) is 3.36. The van der Waals surface area contributed by atoms with Gasteiger partial charge in [0.05, 0.1) is 19.6 Å². The summed E-state index contributed by atoms with van der Waals surface area (Å²) in [5, 5.41) is 5.19. The van der Waals surface area contributed by atoms with Crippen molar-refractivity contribution in [3.05, 3.63) is 101 Å². The number of hydrogen-bond donors (Lipinski definition) is 1. The number of pyridine rings is 2. The molecule has 0 aliphatic carbocycles. The van der Waals surface area contributed by atoms with Crippen LogP contribution in [0, 0.1) is 0 Å². The van der Waals surface area contributed by atoms with Gasteiger partial charge in [-0.3, -0.25) is 19.0 Å². The van der Waals surface area contributed by atoms with Gasteiger partial charge in [-0.1, -0.05) is 24.3 Å². The van der Waals surface area contributed by atoms with Gasteiger partial charge in [0.2, 0.25) is 5.91 Å². The molecule has 198 valence electrons. The van der Waals surface area contributed by atoms with Gasteiger partial charge in [0, 0.05) is 74.7 Å². The minimum absolute atomic E-state index is 0.0871. The summed E-state index contributed by atoms with van der Waals surface area (Å²) >= 11 is 1.70. The Balaban J connectivity index is 1.30. The Labute approximate surface area is 233 Å². The molecular weight excluding hydrogens is 522 g/mol. The van der Waals surface area contributed by atoms with Crippen molar-refractivity contribution in [1.29, 1.82) is 0 Å². The number of rotatable bonds is 5. The molecule has 6 aromatic rings. The second kappa shape index (κ2) is 10.2. The Morgan fingerprint density at radius 2 is 1.85 bits per heavy atom. The molecule has 0 bridgehead atoms. The van der Waals surface area contributed by atoms with E-state index in [9.17, 15) is 9.59 Å². The Kier molecular flexibility index (Phi) is 6.22. The normalized spacial score (nSPS) is 13.8. The molecule has 4 aromatic heterocycles. The molecule has 0 saturated carbocycles. The van der Waals surface area contributed by atoms with Gasteiger partial charge in [0.15, 0.2) is 0 Å². The largest absolute Gasteiger partial charge is 0.378 e. The predicted molar refractivity (Wildman–Crippen MR) is 159 cm³/mol. The lowest BCUT2D eigenvalue weighted by Crippen LogP contribution is -2.37. The summed E-state index contributed by atoms with van der Waals surface area (Å²) in [6.45, 7) is 2.65. The third-order valence-corrected chi connectivity index (χ3v) is 8.39. The van der Waals surface area contributed by atoms with Gasteiger partial charge in [-0.2, -0.15) is 0 Å². The fourth-order valence-electron chi connectivity index (χ4n) is 5.26. The summed E-state index contributed by atoms with van der Waals surface area (Å²) in [5.41, 5.74) is 4.06. The summed E-state index contributed by atoms with van der Waals surface area (Å²) < 4.78 is 9.33. The van der Waals surface area contributed by atoms with E-state index in [4.69, 9.17) is 9.72 Å². The molecule has 0 unspecified atom stereocenters. The number of nitrogens with one attached hydrogen (secondary N) is 1. The van der Waals surface area contributed by atoms with E-state index in [1.165, 1.54) is 0 Å². The molecular formula is C31H25N5O3S. The molecule has 0 spiro atoms. The topological polar surface area (TPSA) is 88.8 Å². The molecule has 1 fully saturated rings. The summed E-state index contributed by atoms with van der Waals surface area (Å²) in [4.78, 5) is 36.9. The number of carbonyl (C=O) groups excluding carboxylic acids is 1. The highest BCUT2D eigenvalue weighted by molar-refractivity contribution is 7.26. The molecule has 1 saturated heterocycles. The highest BCUT2D eigenvalue weighted by atomic mass is 32.1. The number of fused-ring (bicyclic) bond motifs is 4. The zero-order valence-electron chi connectivity index (χ0n) is 21.5. The fraction of sp³-hybridized carbons (Fsp3) is 0.161. The Morgan fingerprint density at radius 3 is 2.70 bits per heavy atom. The first-order valence-electron chi connectivity index (χ1n) is 13.1. The standard InChI is InChI=1S/C31H25N5O3S/c37-28(16-20-4-2-10-32-19-20)33-21-8-9-26-25(17-21)23-6-1-5-22(30(23)40-26)24-7-3-11-36-29(38)18-27(34-31(24)36)35-12-14-39-15-13-35/h1-11,17-19H,12-16H2,(H,33,37). The minimum atomic E-state index is -0.108. The number of morpholine rings is 1. The summed E-state index contributed by atoms with van der Waals surface area (Å²) in [5.74, 6) is 0.590. The minimum Gasteiger partial charge on any atom is -0.378 e. The Hall–Kier alpha value is -4.60. The van der Waals surface area contributed by atoms with E-state index in [2.05, 4.69) is 27.3 Å². The highest BCUT2D eigenvalue weighted by Gasteiger charge is 2.18. The number of aromatic nitrogens is 3. The SMILES string of the molecule is O=C(Cc1cccnc1)Nc1ccc2sc3c(-c4cccn5c(=O)cc(N6CCOCC6)nc45)cccc3c2c1. The van der Waals surface area contributed by atoms with Gasteiger partial charge in [0.1, 0.15) is 11.5 Å². The van der Waals surface area contributed by atoms with Crippen LogP contribution in [0.15, 0.2) is 90.1 Å². The van der Waals surface area contributed by atoms with Crippen molar-refractivity contribution in [2.24, 2.45) is 0 Å². The van der Waals surface area contributed by atoms with Crippen LogP contribution in [0.5, 0.6) is 0 Å². The molecule has 7 rings (SSSR count). The molecule has 1 amide bonds. The molecule has 1 aliphatic heterocycles. The van der Waals surface area contributed by atoms with E-state index in [0.717, 1.165) is 42.6 Å². The molecule has 0 atom stereocenters. The van der Waals surface area contributed by atoms with Crippen LogP contribution in [0.2, 0.25) is 0 Å². The first-order chi connectivity index (χ1) is 19.6. The molecule has 1 aliphatic rings. The second-order valence-electron chi connectivity index (χ2n) is 9.75. The smallest absolute Gasteiger partial charge is 0.259 e. The van der Waals surface area contributed by atoms with Crippen LogP contribution in [0.1, 0.15) is 5.56 Å². The van der Waals surface area contributed by atoms with E-state index in [0.29, 0.717) is 37.8 Å². The van der Waals surface area contributed by atoms with Gasteiger partial charge in [-0.15, -0.1) is 11.3 Å². The lowest BCUT2D eigenvalue weighted by molar-refractivity contribution is -0.115. The van der Waals surface area contributed by atoms with Crippen molar-refractivity contribution >= 4 is 54.6 Å². The second-order valence-corrected chi connectivity index (χ2v) is 10.8. The number of carbonyl (C=O) groups is 1. The number of amides is 1. The Morgan fingerprint density at radius 1 is 0.975 bits per heavy atom. The summed E-state index contributed by atoms with van der Waals surface area (Å²) in [6, 6.07) is 21.5. The van der Waals surface area contributed by atoms with Crippen LogP contribution >= 0.6 is 11.3 Å². The maximum Gasteiger partial charge on any atom is 0.259 e. The first-order valence-corrected chi connectivity index (χ1v) is 14.0. The van der Waals surface area contributed by atoms with Crippen molar-refractivity contribution in [3.63, 3.8) is 0 Å². The number of anilines is 2. The van der Waals surface area contributed by atoms with Gasteiger partial charge in [-0.25, -0.2) is 4.98 Å². The zero-order chi connectivity index (χ0) is 27.1. The molecule has 8 nitrogen and oxygen atoms in total. The third-order valence-electron chi connectivity index (χ3n) is 7.17. The van der Waals surface area contributed by atoms with Crippen molar-refractivity contribution < 1.29 is 9.53 Å². The van der Waals surface area contributed by atoms with E-state index >= 15 is 0 Å². The van der Waals surface area contributed by atoms with Crippen LogP contribution in [-0.2, 0) is 16.0 Å². The number of nitrogens with zero attached hydrogens (tertiary/aromatic N) is 4. The van der Waals surface area contributed by atoms with Crippen LogP contribution in [0.4, 0.5) is 11.5 Å². The van der Waals surface area contributed by atoms with E-state index in [-0.39, 0.29) is 17.9 Å². The highest BCUT2D eigenvalue weighted by Crippen LogP contribution is 2.41. The molecule has 9 heteroatoms. The van der Waals surface area contributed by atoms with Crippen molar-refractivity contribution in [1.82, 2.24) is 14.4 Å². The van der Waals surface area contributed by atoms with Gasteiger partial charge >= 0.3 is 0 Å². The van der Waals surface area contributed by atoms with Gasteiger partial charge in [-0.05, 0) is 42.0 Å². The van der Waals surface area contributed by atoms with E-state index in [1.807, 2.05) is 48.5 Å². The fourth-order valence-corrected chi connectivity index (χ4v) is 6.47. The molecule has 40 heavy (non-hydrogen) atoms. The van der Waals surface area contributed by atoms with Crippen LogP contribution in [0.25, 0.3) is 36.9 Å². The number of benzene rings is 2. The average molecular weight is 548 g/mol. The molecule has 2 aromatic carbocycles. The van der Waals surface area contributed by atoms with Gasteiger partial charge in [0.25, 0.3) is 5.56 Å². The quantitative estimate of drug-likeness (QED) is 0.322. The van der Waals surface area contributed by atoms with Crippen LogP contribution in [0.3, 0.4) is 0 Å². The van der Waals surface area contributed by atoms with Crippen molar-refractivity contribution in [3.8, 4) is 11.1 Å². The number of hydrogen-bond acceptors (Lipinski definition) is 7. The molecule has 1 N–H and O–H groups in total. The number of thiophene rings is 1. The lowest BCUT2D eigenvalue weighted by atomic mass is 10.0. The lowest BCUT2D eigenvalue weighted by Gasteiger charge is -2.27. The van der Waals surface area contributed by atoms with Gasteiger partial charge < -0.3 is 15.0 Å². The monoisotopic (exact) mass is 547 g/mol. The number of ether oxygens (including phenoxy) is 1. The maximum absolute atomic E-state index is 13.1. The predicted octanol–water partition coefficient (Wildman–Crippen LogP) is 5.14. The maximum atomic E-state index is 13.1. The van der Waals surface area contributed by atoms with E-state index < -0.39 is 0 Å². The first kappa shape index (κ1) is 24.4. The molecule has 5 heterocycles. The van der Waals surface area contributed by atoms with Crippen LogP contribution in [-0.4, -0.2) is 46.6 Å². The van der Waals surface area contributed by atoms with E-state index in [1.54, 1.807) is 40.4 Å². The summed E-state index contributed by atoms with van der Waals surface area (Å²) in [7, 11) is 0. The zero-order valence-corrected chi connectivity index (χ0v) is 22.4. The van der Waals surface area contributed by atoms with Crippen molar-refractivity contribution in [2.45, 2.75) is 6.42 Å².